The van der Waals surface area contributed by atoms with Gasteiger partial charge in [-0.25, -0.2) is 9.97 Å². The molecule has 4 N–H and O–H groups in total. The summed E-state index contributed by atoms with van der Waals surface area (Å²) in [6.07, 6.45) is 7.50. The van der Waals surface area contributed by atoms with Gasteiger partial charge in [-0.2, -0.15) is 0 Å². The Balaban J connectivity index is 1.05. The van der Waals surface area contributed by atoms with E-state index in [2.05, 4.69) is 33.4 Å². The Morgan fingerprint density at radius 1 is 0.679 bits per heavy atom. The molecule has 4 atom stereocenters. The number of methoxy groups -OCH3 is 2. The minimum absolute atomic E-state index is 0.100. The Labute approximate surface area is 319 Å². The van der Waals surface area contributed by atoms with Crippen molar-refractivity contribution in [2.24, 2.45) is 0 Å². The van der Waals surface area contributed by atoms with Crippen LogP contribution in [0.4, 0.5) is 0 Å². The minimum Gasteiger partial charge on any atom is -0.481 e. The van der Waals surface area contributed by atoms with Gasteiger partial charge in [0.15, 0.2) is 0 Å². The van der Waals surface area contributed by atoms with Crippen molar-refractivity contribution in [2.45, 2.75) is 82.0 Å². The molecule has 2 saturated heterocycles. The highest BCUT2D eigenvalue weighted by atomic mass is 35.5. The van der Waals surface area contributed by atoms with Crippen molar-refractivity contribution in [1.82, 2.24) is 31.2 Å². The van der Waals surface area contributed by atoms with Gasteiger partial charge in [-0.05, 0) is 74.8 Å². The number of halogens is 2. The third-order valence-electron chi connectivity index (χ3n) is 11.2. The van der Waals surface area contributed by atoms with E-state index in [1.165, 1.54) is 11.1 Å². The van der Waals surface area contributed by atoms with Crippen molar-refractivity contribution < 1.29 is 19.1 Å². The van der Waals surface area contributed by atoms with E-state index in [9.17, 15) is 9.59 Å². The average molecular weight is 756 g/mol. The highest BCUT2D eigenvalue weighted by molar-refractivity contribution is 6.39. The normalized spacial score (nSPS) is 21.7. The fourth-order valence-electron chi connectivity index (χ4n) is 8.52. The zero-order valence-corrected chi connectivity index (χ0v) is 31.5. The monoisotopic (exact) mass is 754 g/mol. The first-order valence-electron chi connectivity index (χ1n) is 18.6. The molecular formula is C41H44Cl2N6O4. The van der Waals surface area contributed by atoms with Gasteiger partial charge in [0, 0.05) is 76.9 Å². The zero-order chi connectivity index (χ0) is 36.6. The molecule has 276 valence electrons. The number of carbonyl (C=O) groups is 2. The Hall–Kier alpha value is -4.22. The van der Waals surface area contributed by atoms with Crippen molar-refractivity contribution in [1.29, 1.82) is 0 Å². The van der Waals surface area contributed by atoms with Gasteiger partial charge in [0.25, 0.3) is 0 Å². The Kier molecular flexibility index (Phi) is 10.3. The first kappa shape index (κ1) is 35.8. The second-order valence-electron chi connectivity index (χ2n) is 14.5. The van der Waals surface area contributed by atoms with Crippen LogP contribution in [0.25, 0.3) is 33.6 Å². The second-order valence-corrected chi connectivity index (χ2v) is 15.2. The number of nitrogens with zero attached hydrogens (tertiary/aromatic N) is 2. The quantitative estimate of drug-likeness (QED) is 0.123. The number of benzene rings is 2. The second kappa shape index (κ2) is 15.3. The summed E-state index contributed by atoms with van der Waals surface area (Å²) in [7, 11) is 3.31. The maximum Gasteiger partial charge on any atom is 0.220 e. The first-order valence-corrected chi connectivity index (χ1v) is 19.4. The Morgan fingerprint density at radius 3 is 1.66 bits per heavy atom. The van der Waals surface area contributed by atoms with Crippen molar-refractivity contribution in [3.63, 3.8) is 0 Å². The molecule has 0 bridgehead atoms. The molecule has 2 aromatic heterocycles. The fourth-order valence-corrected chi connectivity index (χ4v) is 9.17. The lowest BCUT2D eigenvalue weighted by Gasteiger charge is -2.20. The van der Waals surface area contributed by atoms with E-state index in [0.717, 1.165) is 96.3 Å². The number of ether oxygens (including phenoxy) is 2. The molecule has 2 aromatic carbocycles. The maximum atomic E-state index is 11.7. The molecule has 53 heavy (non-hydrogen) atoms. The van der Waals surface area contributed by atoms with Crippen LogP contribution in [-0.2, 0) is 22.4 Å². The smallest absolute Gasteiger partial charge is 0.220 e. The topological polar surface area (TPSA) is 126 Å². The van der Waals surface area contributed by atoms with E-state index in [0.29, 0.717) is 41.2 Å². The van der Waals surface area contributed by atoms with E-state index in [-0.39, 0.29) is 36.0 Å². The largest absolute Gasteiger partial charge is 0.481 e. The van der Waals surface area contributed by atoms with Crippen LogP contribution in [0.5, 0.6) is 11.8 Å². The molecule has 8 rings (SSSR count). The molecule has 2 fully saturated rings. The summed E-state index contributed by atoms with van der Waals surface area (Å²) >= 11 is 14.5. The van der Waals surface area contributed by atoms with Crippen LogP contribution in [0.2, 0.25) is 10.0 Å². The van der Waals surface area contributed by atoms with Gasteiger partial charge in [0.2, 0.25) is 23.6 Å². The molecular weight excluding hydrogens is 711 g/mol. The maximum absolute atomic E-state index is 11.7. The summed E-state index contributed by atoms with van der Waals surface area (Å²) in [5.74, 6) is 1.44. The lowest BCUT2D eigenvalue weighted by molar-refractivity contribution is -0.120. The molecule has 0 spiro atoms. The molecule has 4 heterocycles. The number of amides is 2. The minimum atomic E-state index is 0.100. The number of carbonyl (C=O) groups excluding carboxylic acids is 2. The van der Waals surface area contributed by atoms with Crippen molar-refractivity contribution in [3.05, 3.63) is 80.8 Å². The summed E-state index contributed by atoms with van der Waals surface area (Å²) in [5, 5.41) is 14.5. The number of rotatable bonds is 12. The molecule has 1 unspecified atom stereocenters. The third-order valence-corrected chi connectivity index (χ3v) is 12.0. The predicted molar refractivity (Wildman–Crippen MR) is 207 cm³/mol. The van der Waals surface area contributed by atoms with Crippen LogP contribution in [0.15, 0.2) is 48.5 Å². The van der Waals surface area contributed by atoms with Crippen LogP contribution < -0.4 is 30.7 Å². The van der Waals surface area contributed by atoms with Gasteiger partial charge in [0.1, 0.15) is 0 Å². The number of pyridine rings is 2. The highest BCUT2D eigenvalue weighted by Crippen LogP contribution is 2.46. The highest BCUT2D eigenvalue weighted by Gasteiger charge is 2.32. The Morgan fingerprint density at radius 2 is 1.17 bits per heavy atom. The van der Waals surface area contributed by atoms with Gasteiger partial charge in [-0.3, -0.25) is 9.59 Å². The van der Waals surface area contributed by atoms with Crippen molar-refractivity contribution in [2.75, 3.05) is 27.3 Å². The van der Waals surface area contributed by atoms with Crippen LogP contribution in [0.1, 0.15) is 79.3 Å². The zero-order valence-electron chi connectivity index (χ0n) is 30.0. The molecule has 0 saturated carbocycles. The van der Waals surface area contributed by atoms with Gasteiger partial charge in [0.05, 0.1) is 35.7 Å². The van der Waals surface area contributed by atoms with Gasteiger partial charge in [-0.1, -0.05) is 59.6 Å². The molecule has 2 aliphatic carbocycles. The van der Waals surface area contributed by atoms with Gasteiger partial charge in [-0.15, -0.1) is 0 Å². The number of fused-ring (bicyclic) bond motifs is 2. The van der Waals surface area contributed by atoms with E-state index in [1.807, 2.05) is 36.4 Å². The van der Waals surface area contributed by atoms with E-state index in [4.69, 9.17) is 42.6 Å². The summed E-state index contributed by atoms with van der Waals surface area (Å²) in [6.45, 7) is 1.52. The van der Waals surface area contributed by atoms with E-state index < -0.39 is 0 Å². The van der Waals surface area contributed by atoms with Crippen LogP contribution in [0.3, 0.4) is 0 Å². The molecule has 12 heteroatoms. The number of aryl methyl sites for hydroxylation is 2. The summed E-state index contributed by atoms with van der Waals surface area (Å²) in [4.78, 5) is 33.2. The first-order chi connectivity index (χ1) is 25.8. The lowest BCUT2D eigenvalue weighted by Crippen LogP contribution is -2.36. The summed E-state index contributed by atoms with van der Waals surface area (Å²) in [5.41, 5.74) is 9.22. The van der Waals surface area contributed by atoms with Crippen LogP contribution in [0, 0.1) is 0 Å². The molecule has 4 aromatic rings. The number of hydrogen-bond acceptors (Lipinski definition) is 8. The summed E-state index contributed by atoms with van der Waals surface area (Å²) in [6, 6.07) is 16.8. The molecule has 0 radical (unpaired) electrons. The molecule has 2 amide bonds. The molecule has 4 aliphatic rings. The molecule has 2 aliphatic heterocycles. The Bertz CT molecular complexity index is 2070. The van der Waals surface area contributed by atoms with Crippen LogP contribution >= 0.6 is 23.2 Å². The van der Waals surface area contributed by atoms with Gasteiger partial charge < -0.3 is 30.7 Å². The number of hydrogen-bond donors (Lipinski definition) is 4. The van der Waals surface area contributed by atoms with Crippen molar-refractivity contribution >= 4 is 35.0 Å². The predicted octanol–water partition coefficient (Wildman–Crippen LogP) is 6.90. The average Bonchev–Trinajstić information content (AvgIpc) is 3.98. The lowest BCUT2D eigenvalue weighted by atomic mass is 9.97. The number of nitrogens with one attached hydrogen (secondary N) is 4. The van der Waals surface area contributed by atoms with Crippen molar-refractivity contribution in [3.8, 4) is 45.4 Å². The van der Waals surface area contributed by atoms with Gasteiger partial charge >= 0.3 is 0 Å². The number of aromatic nitrogens is 2. The van der Waals surface area contributed by atoms with E-state index in [1.54, 1.807) is 14.2 Å². The fraction of sp³-hybridized carbons (Fsp3) is 0.415. The SMILES string of the molecule is COc1nc(-c2cccc(-c3cccc(-c4cc5c(c(OC)n4)[C@@H](NCC[C@@H]4CCC(=O)N4)CC5)c3Cl)c2Cl)cc2c1C(NC[C@@H]1CCC(=O)N1)CC2. The standard InChI is InChI=1S/C41H44Cl2N6O4/c1-52-40-36-22(9-13-30(36)44-18-17-24-11-15-34(50)46-24)19-32(48-40)28-7-3-5-26(38(28)42)27-6-4-8-29(39(27)43)33-20-23-10-14-31(37(23)41(49-33)53-2)45-21-25-12-16-35(51)47-25/h3-8,19-20,24-25,30-31,44-45H,9-18,21H2,1-2H3,(H,46,50)(H,47,51)/t24-,25-,30-,31?/m0/s1. The van der Waals surface area contributed by atoms with Crippen LogP contribution in [-0.4, -0.2) is 61.2 Å². The summed E-state index contributed by atoms with van der Waals surface area (Å²) < 4.78 is 11.7. The molecule has 10 nitrogen and oxygen atoms in total. The van der Waals surface area contributed by atoms with E-state index >= 15 is 0 Å². The third kappa shape index (κ3) is 7.10.